The zero-order chi connectivity index (χ0) is 15.6. The molecule has 2 aromatic rings. The van der Waals surface area contributed by atoms with Gasteiger partial charge in [0.2, 0.25) is 5.75 Å². The third kappa shape index (κ3) is 3.20. The van der Waals surface area contributed by atoms with Crippen LogP contribution in [-0.2, 0) is 0 Å². The van der Waals surface area contributed by atoms with E-state index in [1.165, 1.54) is 30.3 Å². The van der Waals surface area contributed by atoms with E-state index in [1.54, 1.807) is 13.0 Å². The van der Waals surface area contributed by atoms with Crippen molar-refractivity contribution in [2.75, 3.05) is 0 Å². The average molecular weight is 355 g/mol. The Kier molecular flexibility index (Phi) is 4.54. The van der Waals surface area contributed by atoms with Crippen LogP contribution >= 0.6 is 15.9 Å². The highest BCUT2D eigenvalue weighted by Crippen LogP contribution is 2.40. The SMILES string of the molecule is C[C@H](N)c1c(F)cccc1Oc1c(Br)cccc1[N+](=O)[O-]. The maximum Gasteiger partial charge on any atom is 0.312 e. The van der Waals surface area contributed by atoms with Crippen LogP contribution in [0.25, 0.3) is 0 Å². The fraction of sp³-hybridized carbons (Fsp3) is 0.143. The minimum atomic E-state index is -0.609. The third-order valence-electron chi connectivity index (χ3n) is 2.82. The number of benzene rings is 2. The molecule has 0 unspecified atom stereocenters. The summed E-state index contributed by atoms with van der Waals surface area (Å²) in [5.74, 6) is -0.354. The molecule has 110 valence electrons. The lowest BCUT2D eigenvalue weighted by Gasteiger charge is -2.15. The number of para-hydroxylation sites is 1. The van der Waals surface area contributed by atoms with Gasteiger partial charge in [0.1, 0.15) is 11.6 Å². The summed E-state index contributed by atoms with van der Waals surface area (Å²) in [7, 11) is 0. The zero-order valence-corrected chi connectivity index (χ0v) is 12.6. The van der Waals surface area contributed by atoms with Crippen LogP contribution in [-0.4, -0.2) is 4.92 Å². The van der Waals surface area contributed by atoms with Crippen molar-refractivity contribution in [3.63, 3.8) is 0 Å². The Balaban J connectivity index is 2.54. The highest BCUT2D eigenvalue weighted by Gasteiger charge is 2.21. The molecule has 2 aromatic carbocycles. The summed E-state index contributed by atoms with van der Waals surface area (Å²) in [4.78, 5) is 10.5. The van der Waals surface area contributed by atoms with E-state index in [2.05, 4.69) is 15.9 Å². The van der Waals surface area contributed by atoms with Crippen LogP contribution < -0.4 is 10.5 Å². The molecule has 0 bridgehead atoms. The van der Waals surface area contributed by atoms with Crippen LogP contribution in [0.4, 0.5) is 10.1 Å². The van der Waals surface area contributed by atoms with Gasteiger partial charge in [-0.1, -0.05) is 12.1 Å². The molecule has 0 aromatic heterocycles. The van der Waals surface area contributed by atoms with Gasteiger partial charge in [0, 0.05) is 17.7 Å². The summed E-state index contributed by atoms with van der Waals surface area (Å²) in [6.07, 6.45) is 0. The first kappa shape index (κ1) is 15.4. The molecule has 0 saturated carbocycles. The molecule has 2 N–H and O–H groups in total. The van der Waals surface area contributed by atoms with Gasteiger partial charge in [0.05, 0.1) is 9.40 Å². The van der Waals surface area contributed by atoms with E-state index in [1.807, 2.05) is 0 Å². The standard InChI is InChI=1S/C14H12BrFN2O3/c1-8(17)13-10(16)5-3-7-12(13)21-14-9(15)4-2-6-11(14)18(19)20/h2-8H,17H2,1H3/t8-/m0/s1. The monoisotopic (exact) mass is 354 g/mol. The van der Waals surface area contributed by atoms with Crippen molar-refractivity contribution in [3.05, 3.63) is 62.4 Å². The van der Waals surface area contributed by atoms with Crippen molar-refractivity contribution in [1.82, 2.24) is 0 Å². The highest BCUT2D eigenvalue weighted by atomic mass is 79.9. The van der Waals surface area contributed by atoms with E-state index < -0.39 is 16.8 Å². The van der Waals surface area contributed by atoms with Crippen LogP contribution in [0, 0.1) is 15.9 Å². The maximum atomic E-state index is 13.9. The van der Waals surface area contributed by atoms with Gasteiger partial charge in [0.15, 0.2) is 0 Å². The number of nitrogens with two attached hydrogens (primary N) is 1. The second-order valence-electron chi connectivity index (χ2n) is 4.39. The molecular weight excluding hydrogens is 343 g/mol. The molecule has 2 rings (SSSR count). The summed E-state index contributed by atoms with van der Waals surface area (Å²) in [5.41, 5.74) is 5.69. The van der Waals surface area contributed by atoms with Crippen molar-refractivity contribution in [1.29, 1.82) is 0 Å². The molecule has 1 atom stereocenters. The van der Waals surface area contributed by atoms with E-state index in [4.69, 9.17) is 10.5 Å². The molecule has 7 heteroatoms. The van der Waals surface area contributed by atoms with E-state index in [0.717, 1.165) is 0 Å². The molecule has 0 aliphatic heterocycles. The first-order valence-electron chi connectivity index (χ1n) is 6.06. The zero-order valence-electron chi connectivity index (χ0n) is 11.0. The van der Waals surface area contributed by atoms with Crippen LogP contribution in [0.1, 0.15) is 18.5 Å². The Morgan fingerprint density at radius 2 is 2.00 bits per heavy atom. The second-order valence-corrected chi connectivity index (χ2v) is 5.24. The van der Waals surface area contributed by atoms with Gasteiger partial charge in [-0.25, -0.2) is 4.39 Å². The van der Waals surface area contributed by atoms with E-state index in [0.29, 0.717) is 4.47 Å². The van der Waals surface area contributed by atoms with Gasteiger partial charge in [-0.15, -0.1) is 0 Å². The van der Waals surface area contributed by atoms with Crippen molar-refractivity contribution in [2.24, 2.45) is 5.73 Å². The summed E-state index contributed by atoms with van der Waals surface area (Å²) in [6.45, 7) is 1.61. The fourth-order valence-corrected chi connectivity index (χ4v) is 2.34. The van der Waals surface area contributed by atoms with Crippen LogP contribution in [0.5, 0.6) is 11.5 Å². The predicted molar refractivity (Wildman–Crippen MR) is 79.9 cm³/mol. The summed E-state index contributed by atoms with van der Waals surface area (Å²) in [5, 5.41) is 11.1. The van der Waals surface area contributed by atoms with Gasteiger partial charge in [-0.05, 0) is 41.1 Å². The number of hydrogen-bond acceptors (Lipinski definition) is 4. The number of nitro groups is 1. The quantitative estimate of drug-likeness (QED) is 0.655. The fourth-order valence-electron chi connectivity index (χ4n) is 1.90. The molecule has 0 spiro atoms. The van der Waals surface area contributed by atoms with Crippen molar-refractivity contribution in [3.8, 4) is 11.5 Å². The second kappa shape index (κ2) is 6.19. The molecule has 0 amide bonds. The molecule has 0 aliphatic rings. The summed E-state index contributed by atoms with van der Waals surface area (Å²) < 4.78 is 19.8. The first-order chi connectivity index (χ1) is 9.91. The van der Waals surface area contributed by atoms with Crippen LogP contribution in [0.2, 0.25) is 0 Å². The van der Waals surface area contributed by atoms with Gasteiger partial charge in [-0.3, -0.25) is 10.1 Å². The van der Waals surface area contributed by atoms with Gasteiger partial charge in [-0.2, -0.15) is 0 Å². The highest BCUT2D eigenvalue weighted by molar-refractivity contribution is 9.10. The number of nitro benzene ring substituents is 1. The predicted octanol–water partition coefficient (Wildman–Crippen LogP) is 4.31. The Morgan fingerprint density at radius 3 is 2.62 bits per heavy atom. The molecule has 0 aliphatic carbocycles. The number of nitrogens with zero attached hydrogens (tertiary/aromatic N) is 1. The third-order valence-corrected chi connectivity index (χ3v) is 3.45. The number of ether oxygens (including phenoxy) is 1. The number of halogens is 2. The normalized spacial score (nSPS) is 12.0. The van der Waals surface area contributed by atoms with E-state index in [9.17, 15) is 14.5 Å². The van der Waals surface area contributed by atoms with Gasteiger partial charge < -0.3 is 10.5 Å². The van der Waals surface area contributed by atoms with Crippen LogP contribution in [0.3, 0.4) is 0 Å². The van der Waals surface area contributed by atoms with Gasteiger partial charge >= 0.3 is 5.69 Å². The molecule has 0 saturated heterocycles. The smallest absolute Gasteiger partial charge is 0.312 e. The Bertz CT molecular complexity index is 692. The lowest BCUT2D eigenvalue weighted by atomic mass is 10.1. The topological polar surface area (TPSA) is 78.4 Å². The molecule has 5 nitrogen and oxygen atoms in total. The largest absolute Gasteiger partial charge is 0.448 e. The molecule has 0 radical (unpaired) electrons. The molecule has 21 heavy (non-hydrogen) atoms. The van der Waals surface area contributed by atoms with Crippen molar-refractivity contribution >= 4 is 21.6 Å². The van der Waals surface area contributed by atoms with Crippen molar-refractivity contribution in [2.45, 2.75) is 13.0 Å². The van der Waals surface area contributed by atoms with Crippen LogP contribution in [0.15, 0.2) is 40.9 Å². The lowest BCUT2D eigenvalue weighted by molar-refractivity contribution is -0.385. The Labute approximate surface area is 128 Å². The van der Waals surface area contributed by atoms with Gasteiger partial charge in [0.25, 0.3) is 0 Å². The minimum Gasteiger partial charge on any atom is -0.448 e. The summed E-state index contributed by atoms with van der Waals surface area (Å²) in [6, 6.07) is 8.07. The first-order valence-corrected chi connectivity index (χ1v) is 6.86. The molecule has 0 fully saturated rings. The van der Waals surface area contributed by atoms with Crippen molar-refractivity contribution < 1.29 is 14.1 Å². The van der Waals surface area contributed by atoms with E-state index in [-0.39, 0.29) is 22.7 Å². The molecular formula is C14H12BrFN2O3. The molecule has 0 heterocycles. The minimum absolute atomic E-state index is 0.00926. The Morgan fingerprint density at radius 1 is 1.33 bits per heavy atom. The lowest BCUT2D eigenvalue weighted by Crippen LogP contribution is -2.09. The van der Waals surface area contributed by atoms with E-state index >= 15 is 0 Å². The summed E-state index contributed by atoms with van der Waals surface area (Å²) >= 11 is 3.20. The maximum absolute atomic E-state index is 13.9. The number of hydrogen-bond donors (Lipinski definition) is 1. The number of rotatable bonds is 4. The Hall–Kier alpha value is -1.99. The average Bonchev–Trinajstić information content (AvgIpc) is 2.40.